The quantitative estimate of drug-likeness (QED) is 0.151. The number of nitro benzene ring substituents is 1. The van der Waals surface area contributed by atoms with Crippen molar-refractivity contribution in [3.63, 3.8) is 0 Å². The predicted molar refractivity (Wildman–Crippen MR) is 153 cm³/mol. The van der Waals surface area contributed by atoms with Crippen molar-refractivity contribution in [1.29, 1.82) is 0 Å². The molecule has 5 rings (SSSR count). The van der Waals surface area contributed by atoms with Gasteiger partial charge in [-0.25, -0.2) is 4.99 Å². The maximum absolute atomic E-state index is 13.6. The second kappa shape index (κ2) is 10.1. The first-order valence-corrected chi connectivity index (χ1v) is 12.8. The SMILES string of the molecule is Cc1cc(-c2ccc(/C=C3\SC(=Nc4c(C)cccc4C)N(c4ccccc4)C3=O)o2)cc([N+](=O)[O-])c1C. The van der Waals surface area contributed by atoms with Crippen molar-refractivity contribution < 1.29 is 14.1 Å². The number of nitrogens with zero attached hydrogens (tertiary/aromatic N) is 3. The van der Waals surface area contributed by atoms with Gasteiger partial charge in [-0.05, 0) is 86.5 Å². The summed E-state index contributed by atoms with van der Waals surface area (Å²) in [5, 5.41) is 12.0. The first kappa shape index (κ1) is 25.2. The summed E-state index contributed by atoms with van der Waals surface area (Å²) in [7, 11) is 0. The Morgan fingerprint density at radius 3 is 2.32 bits per heavy atom. The third kappa shape index (κ3) is 4.78. The number of furan rings is 1. The van der Waals surface area contributed by atoms with Gasteiger partial charge in [0.25, 0.3) is 11.6 Å². The first-order valence-electron chi connectivity index (χ1n) is 12.0. The van der Waals surface area contributed by atoms with Crippen molar-refractivity contribution in [2.45, 2.75) is 27.7 Å². The zero-order valence-corrected chi connectivity index (χ0v) is 22.2. The van der Waals surface area contributed by atoms with E-state index in [9.17, 15) is 14.9 Å². The molecule has 3 aromatic carbocycles. The lowest BCUT2D eigenvalue weighted by atomic mass is 10.0. The fraction of sp³-hybridized carbons (Fsp3) is 0.133. The Labute approximate surface area is 224 Å². The molecule has 2 heterocycles. The van der Waals surface area contributed by atoms with E-state index in [1.807, 2.05) is 75.4 Å². The minimum absolute atomic E-state index is 0.0451. The average Bonchev–Trinajstić information content (AvgIpc) is 3.48. The maximum atomic E-state index is 13.6. The van der Waals surface area contributed by atoms with E-state index in [0.717, 1.165) is 28.1 Å². The van der Waals surface area contributed by atoms with Gasteiger partial charge in [-0.15, -0.1) is 0 Å². The normalized spacial score (nSPS) is 15.6. The van der Waals surface area contributed by atoms with E-state index in [2.05, 4.69) is 0 Å². The van der Waals surface area contributed by atoms with E-state index in [-0.39, 0.29) is 16.5 Å². The molecule has 1 aliphatic heterocycles. The Morgan fingerprint density at radius 1 is 0.921 bits per heavy atom. The topological polar surface area (TPSA) is 89.0 Å². The molecule has 1 aliphatic rings. The van der Waals surface area contributed by atoms with Crippen molar-refractivity contribution in [3.8, 4) is 11.3 Å². The van der Waals surface area contributed by atoms with Crippen LogP contribution in [0.25, 0.3) is 17.4 Å². The highest BCUT2D eigenvalue weighted by atomic mass is 32.2. The molecule has 0 bridgehead atoms. The van der Waals surface area contributed by atoms with E-state index in [4.69, 9.17) is 9.41 Å². The number of nitro groups is 1. The van der Waals surface area contributed by atoms with Crippen LogP contribution in [-0.2, 0) is 4.79 Å². The monoisotopic (exact) mass is 523 g/mol. The number of aryl methyl sites for hydroxylation is 3. The molecule has 38 heavy (non-hydrogen) atoms. The van der Waals surface area contributed by atoms with Gasteiger partial charge >= 0.3 is 0 Å². The van der Waals surface area contributed by atoms with Crippen LogP contribution < -0.4 is 4.90 Å². The molecule has 0 atom stereocenters. The lowest BCUT2D eigenvalue weighted by Gasteiger charge is -2.16. The molecule has 0 N–H and O–H groups in total. The molecule has 1 saturated heterocycles. The lowest BCUT2D eigenvalue weighted by molar-refractivity contribution is -0.385. The standard InChI is InChI=1S/C30H25N3O4S/c1-18-9-8-10-19(2)28(18)31-30-32(23-11-6-5-7-12-23)29(34)27(38-30)17-24-13-14-26(37-24)22-15-20(3)21(4)25(16-22)33(35)36/h5-17H,1-4H3/b27-17-,31-30?. The van der Waals surface area contributed by atoms with Crippen LogP contribution in [0.5, 0.6) is 0 Å². The highest BCUT2D eigenvalue weighted by Crippen LogP contribution is 2.39. The molecule has 7 nitrogen and oxygen atoms in total. The maximum Gasteiger partial charge on any atom is 0.273 e. The van der Waals surface area contributed by atoms with Crippen LogP contribution in [0.15, 0.2) is 87.1 Å². The fourth-order valence-electron chi connectivity index (χ4n) is 4.32. The van der Waals surface area contributed by atoms with Crippen LogP contribution in [-0.4, -0.2) is 16.0 Å². The minimum atomic E-state index is -0.388. The molecule has 0 unspecified atom stereocenters. The number of hydrogen-bond donors (Lipinski definition) is 0. The van der Waals surface area contributed by atoms with Gasteiger partial charge in [-0.3, -0.25) is 19.8 Å². The van der Waals surface area contributed by atoms with Crippen LogP contribution in [0, 0.1) is 37.8 Å². The summed E-state index contributed by atoms with van der Waals surface area (Å²) < 4.78 is 6.02. The zero-order chi connectivity index (χ0) is 27.0. The predicted octanol–water partition coefficient (Wildman–Crippen LogP) is 7.90. The molecule has 0 aliphatic carbocycles. The summed E-state index contributed by atoms with van der Waals surface area (Å²) in [6, 6.07) is 22.3. The third-order valence-corrected chi connectivity index (χ3v) is 7.46. The van der Waals surface area contributed by atoms with Crippen LogP contribution in [0.2, 0.25) is 0 Å². The van der Waals surface area contributed by atoms with Gasteiger partial charge < -0.3 is 4.42 Å². The molecular formula is C30H25N3O4S. The van der Waals surface area contributed by atoms with Crippen LogP contribution >= 0.6 is 11.8 Å². The molecular weight excluding hydrogens is 498 g/mol. The summed E-state index contributed by atoms with van der Waals surface area (Å²) in [5.74, 6) is 0.756. The molecule has 8 heteroatoms. The number of carbonyl (C=O) groups is 1. The smallest absolute Gasteiger partial charge is 0.273 e. The number of aliphatic imine (C=N–C) groups is 1. The molecule has 0 saturated carbocycles. The number of anilines is 1. The summed E-state index contributed by atoms with van der Waals surface area (Å²) in [6.07, 6.45) is 1.69. The van der Waals surface area contributed by atoms with Gasteiger partial charge in [-0.2, -0.15) is 0 Å². The second-order valence-corrected chi connectivity index (χ2v) is 10.1. The Hall–Kier alpha value is -4.43. The minimum Gasteiger partial charge on any atom is -0.457 e. The zero-order valence-electron chi connectivity index (χ0n) is 21.4. The molecule has 0 spiro atoms. The molecule has 0 radical (unpaired) electrons. The first-order chi connectivity index (χ1) is 18.2. The highest BCUT2D eigenvalue weighted by molar-refractivity contribution is 8.19. The Bertz CT molecular complexity index is 1620. The fourth-order valence-corrected chi connectivity index (χ4v) is 5.29. The molecule has 4 aromatic rings. The largest absolute Gasteiger partial charge is 0.457 e. The van der Waals surface area contributed by atoms with E-state index in [1.54, 1.807) is 30.0 Å². The van der Waals surface area contributed by atoms with Gasteiger partial charge in [0.15, 0.2) is 5.17 Å². The number of hydrogen-bond acceptors (Lipinski definition) is 6. The van der Waals surface area contributed by atoms with E-state index in [1.165, 1.54) is 17.8 Å². The van der Waals surface area contributed by atoms with E-state index >= 15 is 0 Å². The number of thioether (sulfide) groups is 1. The molecule has 1 aromatic heterocycles. The van der Waals surface area contributed by atoms with Gasteiger partial charge in [0.05, 0.1) is 21.2 Å². The number of para-hydroxylation sites is 2. The van der Waals surface area contributed by atoms with Crippen molar-refractivity contribution in [1.82, 2.24) is 0 Å². The second-order valence-electron chi connectivity index (χ2n) is 9.12. The van der Waals surface area contributed by atoms with Gasteiger partial charge in [0.2, 0.25) is 0 Å². The number of rotatable bonds is 5. The average molecular weight is 524 g/mol. The summed E-state index contributed by atoms with van der Waals surface area (Å²) >= 11 is 1.28. The third-order valence-electron chi connectivity index (χ3n) is 6.49. The summed E-state index contributed by atoms with van der Waals surface area (Å²) in [6.45, 7) is 7.56. The van der Waals surface area contributed by atoms with Gasteiger partial charge in [0.1, 0.15) is 11.5 Å². The molecule has 1 amide bonds. The lowest BCUT2D eigenvalue weighted by Crippen LogP contribution is -2.28. The molecule has 190 valence electrons. The number of amidine groups is 1. The number of benzene rings is 3. The summed E-state index contributed by atoms with van der Waals surface area (Å²) in [5.41, 5.74) is 5.68. The van der Waals surface area contributed by atoms with E-state index in [0.29, 0.717) is 32.7 Å². The van der Waals surface area contributed by atoms with Crippen molar-refractivity contribution in [3.05, 3.63) is 116 Å². The van der Waals surface area contributed by atoms with Gasteiger partial charge in [0, 0.05) is 23.3 Å². The van der Waals surface area contributed by atoms with Crippen LogP contribution in [0.1, 0.15) is 28.0 Å². The van der Waals surface area contributed by atoms with Crippen LogP contribution in [0.3, 0.4) is 0 Å². The van der Waals surface area contributed by atoms with Crippen LogP contribution in [0.4, 0.5) is 17.1 Å². The number of carbonyl (C=O) groups excluding carboxylic acids is 1. The number of amides is 1. The van der Waals surface area contributed by atoms with Crippen molar-refractivity contribution >= 4 is 46.0 Å². The Morgan fingerprint density at radius 2 is 1.63 bits per heavy atom. The Kier molecular flexibility index (Phi) is 6.73. The van der Waals surface area contributed by atoms with Crippen molar-refractivity contribution in [2.24, 2.45) is 4.99 Å². The molecule has 1 fully saturated rings. The summed E-state index contributed by atoms with van der Waals surface area (Å²) in [4.78, 5) is 31.7. The highest BCUT2D eigenvalue weighted by Gasteiger charge is 2.35. The Balaban J connectivity index is 1.54. The van der Waals surface area contributed by atoms with E-state index < -0.39 is 0 Å². The van der Waals surface area contributed by atoms with Crippen molar-refractivity contribution in [2.75, 3.05) is 4.90 Å². The van der Waals surface area contributed by atoms with Gasteiger partial charge in [-0.1, -0.05) is 36.4 Å².